The topological polar surface area (TPSA) is 46.1 Å². The first-order valence-corrected chi connectivity index (χ1v) is 7.87. The van der Waals surface area contributed by atoms with Gasteiger partial charge in [0.15, 0.2) is 0 Å². The van der Waals surface area contributed by atoms with E-state index in [2.05, 4.69) is 9.97 Å². The fourth-order valence-electron chi connectivity index (χ4n) is 2.92. The molecule has 1 aliphatic heterocycles. The average Bonchev–Trinajstić information content (AvgIpc) is 2.54. The van der Waals surface area contributed by atoms with Gasteiger partial charge < -0.3 is 4.90 Å². The average molecular weight is 304 g/mol. The summed E-state index contributed by atoms with van der Waals surface area (Å²) in [6.07, 6.45) is 6.51. The number of halogens is 1. The molecule has 1 fully saturated rings. The summed E-state index contributed by atoms with van der Waals surface area (Å²) < 4.78 is 0. The quantitative estimate of drug-likeness (QED) is 0.819. The summed E-state index contributed by atoms with van der Waals surface area (Å²) in [5, 5.41) is 0. The molecular weight excluding hydrogens is 286 g/mol. The maximum atomic E-state index is 12.6. The van der Waals surface area contributed by atoms with Crippen LogP contribution in [0.3, 0.4) is 0 Å². The summed E-state index contributed by atoms with van der Waals surface area (Å²) in [6, 6.07) is 5.52. The monoisotopic (exact) mass is 303 g/mol. The van der Waals surface area contributed by atoms with Gasteiger partial charge in [-0.25, -0.2) is 0 Å². The van der Waals surface area contributed by atoms with Gasteiger partial charge in [0.25, 0.3) is 5.91 Å². The van der Waals surface area contributed by atoms with Gasteiger partial charge in [0.2, 0.25) is 0 Å². The number of likely N-dealkylation sites (tertiary alicyclic amines) is 1. The van der Waals surface area contributed by atoms with Crippen LogP contribution in [0.4, 0.5) is 0 Å². The Morgan fingerprint density at radius 2 is 2.10 bits per heavy atom. The number of benzene rings is 1. The van der Waals surface area contributed by atoms with Gasteiger partial charge in [-0.3, -0.25) is 14.8 Å². The SMILES string of the molecule is O=C(c1ccc2nccnc2c1)N1CCCC(CCCl)C1. The van der Waals surface area contributed by atoms with Crippen molar-refractivity contribution in [2.45, 2.75) is 19.3 Å². The standard InChI is InChI=1S/C16H18ClN3O/c17-6-5-12-2-1-9-20(11-12)16(21)13-3-4-14-15(10-13)19-8-7-18-14/h3-4,7-8,10,12H,1-2,5-6,9,11H2. The van der Waals surface area contributed by atoms with E-state index in [1.54, 1.807) is 12.4 Å². The number of piperidine rings is 1. The van der Waals surface area contributed by atoms with E-state index in [1.165, 1.54) is 6.42 Å². The van der Waals surface area contributed by atoms with Gasteiger partial charge in [-0.05, 0) is 43.4 Å². The molecular formula is C16H18ClN3O. The highest BCUT2D eigenvalue weighted by Gasteiger charge is 2.24. The minimum Gasteiger partial charge on any atom is -0.338 e. The first kappa shape index (κ1) is 14.3. The number of rotatable bonds is 3. The molecule has 110 valence electrons. The highest BCUT2D eigenvalue weighted by atomic mass is 35.5. The third kappa shape index (κ3) is 3.16. The van der Waals surface area contributed by atoms with Crippen LogP contribution in [0, 0.1) is 5.92 Å². The Bertz CT molecular complexity index is 644. The summed E-state index contributed by atoms with van der Waals surface area (Å²) in [4.78, 5) is 23.1. The van der Waals surface area contributed by atoms with Crippen LogP contribution in [0.1, 0.15) is 29.6 Å². The van der Waals surface area contributed by atoms with Crippen LogP contribution in [0.15, 0.2) is 30.6 Å². The lowest BCUT2D eigenvalue weighted by molar-refractivity contribution is 0.0672. The minimum absolute atomic E-state index is 0.0850. The van der Waals surface area contributed by atoms with Gasteiger partial charge in [-0.1, -0.05) is 0 Å². The first-order valence-electron chi connectivity index (χ1n) is 7.34. The lowest BCUT2D eigenvalue weighted by atomic mass is 9.95. The normalized spacial score (nSPS) is 18.9. The van der Waals surface area contributed by atoms with E-state index in [9.17, 15) is 4.79 Å². The van der Waals surface area contributed by atoms with Crippen LogP contribution in [0.5, 0.6) is 0 Å². The van der Waals surface area contributed by atoms with E-state index < -0.39 is 0 Å². The highest BCUT2D eigenvalue weighted by molar-refractivity contribution is 6.17. The predicted molar refractivity (Wildman–Crippen MR) is 83.5 cm³/mol. The molecule has 1 amide bonds. The third-order valence-corrected chi connectivity index (χ3v) is 4.26. The Kier molecular flexibility index (Phi) is 4.34. The molecule has 1 atom stereocenters. The van der Waals surface area contributed by atoms with Crippen molar-refractivity contribution in [3.63, 3.8) is 0 Å². The summed E-state index contributed by atoms with van der Waals surface area (Å²) in [5.74, 6) is 1.28. The zero-order valence-electron chi connectivity index (χ0n) is 11.8. The van der Waals surface area contributed by atoms with E-state index in [4.69, 9.17) is 11.6 Å². The number of nitrogens with zero attached hydrogens (tertiary/aromatic N) is 3. The second kappa shape index (κ2) is 6.39. The van der Waals surface area contributed by atoms with Crippen LogP contribution >= 0.6 is 11.6 Å². The Balaban J connectivity index is 1.79. The van der Waals surface area contributed by atoms with Crippen molar-refractivity contribution in [2.75, 3.05) is 19.0 Å². The minimum atomic E-state index is 0.0850. The molecule has 5 heteroatoms. The fourth-order valence-corrected chi connectivity index (χ4v) is 3.23. The molecule has 1 aromatic carbocycles. The zero-order valence-corrected chi connectivity index (χ0v) is 12.6. The van der Waals surface area contributed by atoms with E-state index in [-0.39, 0.29) is 5.91 Å². The van der Waals surface area contributed by atoms with Gasteiger partial charge >= 0.3 is 0 Å². The van der Waals surface area contributed by atoms with Crippen LogP contribution in [0.2, 0.25) is 0 Å². The van der Waals surface area contributed by atoms with Crippen molar-refractivity contribution in [2.24, 2.45) is 5.92 Å². The van der Waals surface area contributed by atoms with E-state index in [1.807, 2.05) is 23.1 Å². The van der Waals surface area contributed by atoms with Crippen molar-refractivity contribution in [1.29, 1.82) is 0 Å². The van der Waals surface area contributed by atoms with E-state index in [0.29, 0.717) is 17.4 Å². The maximum Gasteiger partial charge on any atom is 0.253 e. The predicted octanol–water partition coefficient (Wildman–Crippen LogP) is 3.11. The number of alkyl halides is 1. The second-order valence-electron chi connectivity index (χ2n) is 5.50. The number of carbonyl (C=O) groups excluding carboxylic acids is 1. The Morgan fingerprint density at radius 3 is 2.90 bits per heavy atom. The van der Waals surface area contributed by atoms with Gasteiger partial charge in [0.1, 0.15) is 0 Å². The van der Waals surface area contributed by atoms with Crippen LogP contribution in [-0.2, 0) is 0 Å². The second-order valence-corrected chi connectivity index (χ2v) is 5.87. The van der Waals surface area contributed by atoms with Gasteiger partial charge in [0.05, 0.1) is 11.0 Å². The summed E-state index contributed by atoms with van der Waals surface area (Å²) >= 11 is 5.83. The van der Waals surface area contributed by atoms with Crippen molar-refractivity contribution >= 4 is 28.5 Å². The Hall–Kier alpha value is -1.68. The highest BCUT2D eigenvalue weighted by Crippen LogP contribution is 2.22. The number of fused-ring (bicyclic) bond motifs is 1. The van der Waals surface area contributed by atoms with Crippen LogP contribution < -0.4 is 0 Å². The number of aromatic nitrogens is 2. The summed E-state index contributed by atoms with van der Waals surface area (Å²) in [7, 11) is 0. The van der Waals surface area contributed by atoms with E-state index >= 15 is 0 Å². The van der Waals surface area contributed by atoms with Crippen LogP contribution in [0.25, 0.3) is 11.0 Å². The molecule has 0 radical (unpaired) electrons. The third-order valence-electron chi connectivity index (χ3n) is 4.04. The molecule has 0 saturated carbocycles. The van der Waals surface area contributed by atoms with Crippen molar-refractivity contribution < 1.29 is 4.79 Å². The maximum absolute atomic E-state index is 12.6. The van der Waals surface area contributed by atoms with Gasteiger partial charge in [-0.2, -0.15) is 0 Å². The molecule has 1 aromatic heterocycles. The van der Waals surface area contributed by atoms with Crippen molar-refractivity contribution in [1.82, 2.24) is 14.9 Å². The lowest BCUT2D eigenvalue weighted by Crippen LogP contribution is -2.40. The smallest absolute Gasteiger partial charge is 0.253 e. The first-order chi connectivity index (χ1) is 10.3. The number of hydrogen-bond acceptors (Lipinski definition) is 3. The van der Waals surface area contributed by atoms with Gasteiger partial charge in [-0.15, -0.1) is 11.6 Å². The Labute approximate surface area is 129 Å². The summed E-state index contributed by atoms with van der Waals surface area (Å²) in [5.41, 5.74) is 2.26. The molecule has 0 spiro atoms. The molecule has 2 aromatic rings. The van der Waals surface area contributed by atoms with Crippen molar-refractivity contribution in [3.05, 3.63) is 36.2 Å². The number of hydrogen-bond donors (Lipinski definition) is 0. The van der Waals surface area contributed by atoms with Crippen LogP contribution in [-0.4, -0.2) is 39.7 Å². The number of amides is 1. The molecule has 1 saturated heterocycles. The zero-order chi connectivity index (χ0) is 14.7. The van der Waals surface area contributed by atoms with Gasteiger partial charge in [0, 0.05) is 36.9 Å². The molecule has 1 unspecified atom stereocenters. The molecule has 0 bridgehead atoms. The summed E-state index contributed by atoms with van der Waals surface area (Å²) in [6.45, 7) is 1.64. The molecule has 3 rings (SSSR count). The molecule has 4 nitrogen and oxygen atoms in total. The van der Waals surface area contributed by atoms with Crippen molar-refractivity contribution in [3.8, 4) is 0 Å². The number of carbonyl (C=O) groups is 1. The Morgan fingerprint density at radius 1 is 1.29 bits per heavy atom. The fraction of sp³-hybridized carbons (Fsp3) is 0.438. The van der Waals surface area contributed by atoms with E-state index in [0.717, 1.165) is 37.0 Å². The lowest BCUT2D eigenvalue weighted by Gasteiger charge is -2.32. The molecule has 0 aliphatic carbocycles. The largest absolute Gasteiger partial charge is 0.338 e. The molecule has 0 N–H and O–H groups in total. The molecule has 1 aliphatic rings. The molecule has 21 heavy (non-hydrogen) atoms. The molecule has 2 heterocycles.